The minimum absolute atomic E-state index is 0.00353. The Balaban J connectivity index is 1.46. The molecule has 1 fully saturated rings. The van der Waals surface area contributed by atoms with Crippen LogP contribution >= 0.6 is 11.8 Å². The lowest BCUT2D eigenvalue weighted by Crippen LogP contribution is -2.58. The van der Waals surface area contributed by atoms with Crippen molar-refractivity contribution in [3.63, 3.8) is 0 Å². The Kier molecular flexibility index (Phi) is 6.48. The zero-order valence-corrected chi connectivity index (χ0v) is 23.6. The average Bonchev–Trinajstić information content (AvgIpc) is 3.58. The number of benzene rings is 3. The summed E-state index contributed by atoms with van der Waals surface area (Å²) in [5.74, 6) is -0.330. The van der Waals surface area contributed by atoms with Gasteiger partial charge in [0, 0.05) is 20.9 Å². The first kappa shape index (κ1) is 26.4. The van der Waals surface area contributed by atoms with Crippen LogP contribution in [0.2, 0.25) is 0 Å². The number of carbonyl (C=O) groups excluding carboxylic acids is 1. The van der Waals surface area contributed by atoms with Crippen LogP contribution in [0.15, 0.2) is 76.5 Å². The zero-order chi connectivity index (χ0) is 28.3. The Labute approximate surface area is 241 Å². The van der Waals surface area contributed by atoms with Crippen LogP contribution in [0, 0.1) is 0 Å². The summed E-state index contributed by atoms with van der Waals surface area (Å²) in [6.07, 6.45) is -2.48. The second kappa shape index (κ2) is 10.1. The first-order valence-corrected chi connectivity index (χ1v) is 14.2. The molecule has 0 spiro atoms. The Morgan fingerprint density at radius 3 is 2.46 bits per heavy atom. The average molecular weight is 576 g/mol. The van der Waals surface area contributed by atoms with Crippen molar-refractivity contribution in [3.8, 4) is 17.2 Å². The van der Waals surface area contributed by atoms with E-state index >= 15 is 0 Å². The minimum atomic E-state index is -1.04. The lowest BCUT2D eigenvalue weighted by molar-refractivity contribution is -0.185. The van der Waals surface area contributed by atoms with Crippen LogP contribution < -0.4 is 14.2 Å². The first-order valence-electron chi connectivity index (χ1n) is 13.4. The van der Waals surface area contributed by atoms with Gasteiger partial charge in [-0.25, -0.2) is 5.06 Å². The molecule has 3 aromatic rings. The van der Waals surface area contributed by atoms with E-state index < -0.39 is 36.0 Å². The maximum absolute atomic E-state index is 14.4. The normalized spacial score (nSPS) is 25.6. The predicted octanol–water partition coefficient (Wildman–Crippen LogP) is 4.78. The molecule has 9 nitrogen and oxygen atoms in total. The van der Waals surface area contributed by atoms with E-state index in [1.165, 1.54) is 23.9 Å². The molecule has 0 bridgehead atoms. The van der Waals surface area contributed by atoms with Crippen molar-refractivity contribution in [1.29, 1.82) is 0 Å². The summed E-state index contributed by atoms with van der Waals surface area (Å²) in [5, 5.41) is 13.2. The number of ether oxygens (including phenoxy) is 5. The summed E-state index contributed by atoms with van der Waals surface area (Å²) in [4.78, 5) is 22.3. The predicted molar refractivity (Wildman–Crippen MR) is 149 cm³/mol. The van der Waals surface area contributed by atoms with Crippen LogP contribution in [0.1, 0.15) is 35.3 Å². The van der Waals surface area contributed by atoms with E-state index in [0.29, 0.717) is 27.5 Å². The van der Waals surface area contributed by atoms with Gasteiger partial charge in [-0.15, -0.1) is 0 Å². The third kappa shape index (κ3) is 4.38. The maximum Gasteiger partial charge on any atom is 0.282 e. The summed E-state index contributed by atoms with van der Waals surface area (Å²) in [5.41, 5.74) is 2.42. The molecule has 0 radical (unpaired) electrons. The van der Waals surface area contributed by atoms with Gasteiger partial charge in [0.2, 0.25) is 12.5 Å². The van der Waals surface area contributed by atoms with Crippen LogP contribution in [0.5, 0.6) is 17.2 Å². The van der Waals surface area contributed by atoms with Gasteiger partial charge in [-0.1, -0.05) is 60.3 Å². The number of rotatable bonds is 6. The van der Waals surface area contributed by atoms with Crippen LogP contribution in [0.3, 0.4) is 0 Å². The van der Waals surface area contributed by atoms with Crippen LogP contribution in [0.25, 0.3) is 5.57 Å². The van der Waals surface area contributed by atoms with Gasteiger partial charge in [0.25, 0.3) is 5.91 Å². The monoisotopic (exact) mass is 575 g/mol. The van der Waals surface area contributed by atoms with Gasteiger partial charge in [0.1, 0.15) is 31.0 Å². The number of amides is 1. The van der Waals surface area contributed by atoms with E-state index in [1.807, 2.05) is 60.7 Å². The second-order valence-corrected chi connectivity index (χ2v) is 11.7. The molecule has 212 valence electrons. The molecule has 3 heterocycles. The van der Waals surface area contributed by atoms with E-state index in [1.54, 1.807) is 19.9 Å². The van der Waals surface area contributed by atoms with Crippen molar-refractivity contribution in [1.82, 2.24) is 5.06 Å². The van der Waals surface area contributed by atoms with Gasteiger partial charge >= 0.3 is 0 Å². The third-order valence-corrected chi connectivity index (χ3v) is 8.77. The number of hydroxylamine groups is 2. The molecule has 0 unspecified atom stereocenters. The molecule has 1 N–H and O–H groups in total. The molecular weight excluding hydrogens is 546 g/mol. The number of aliphatic hydroxyl groups is 1. The highest BCUT2D eigenvalue weighted by Crippen LogP contribution is 2.56. The van der Waals surface area contributed by atoms with E-state index in [9.17, 15) is 9.90 Å². The Hall–Kier alpha value is -3.54. The quantitative estimate of drug-likeness (QED) is 0.446. The van der Waals surface area contributed by atoms with Gasteiger partial charge in [-0.3, -0.25) is 9.63 Å². The lowest BCUT2D eigenvalue weighted by Gasteiger charge is -2.46. The number of carbonyl (C=O) groups is 1. The molecule has 3 aliphatic heterocycles. The molecule has 41 heavy (non-hydrogen) atoms. The van der Waals surface area contributed by atoms with E-state index in [-0.39, 0.29) is 24.7 Å². The smallest absolute Gasteiger partial charge is 0.282 e. The Bertz CT molecular complexity index is 1530. The summed E-state index contributed by atoms with van der Waals surface area (Å²) in [6, 6.07) is 20.4. The highest BCUT2D eigenvalue weighted by atomic mass is 32.2. The molecule has 3 aromatic carbocycles. The van der Waals surface area contributed by atoms with Gasteiger partial charge in [0.15, 0.2) is 17.3 Å². The second-order valence-electron chi connectivity index (χ2n) is 10.6. The topological polar surface area (TPSA) is 95.9 Å². The van der Waals surface area contributed by atoms with Crippen molar-refractivity contribution in [2.45, 2.75) is 55.5 Å². The van der Waals surface area contributed by atoms with E-state index in [4.69, 9.17) is 28.5 Å². The molecule has 7 rings (SSSR count). The van der Waals surface area contributed by atoms with Gasteiger partial charge in [-0.05, 0) is 37.6 Å². The maximum atomic E-state index is 14.4. The fourth-order valence-corrected chi connectivity index (χ4v) is 7.07. The fourth-order valence-electron chi connectivity index (χ4n) is 5.92. The SMILES string of the molecule is COc1c2c(cc3c1C(=O)N(OCc1ccccc1)[C@@H]1C3=C(Sc3ccccc3)[C@H](O)[C@H]3OC(C)(C)O[C@H]31)OCO2. The fraction of sp³-hybridized carbons (Fsp3) is 0.323. The number of methoxy groups -OCH3 is 1. The summed E-state index contributed by atoms with van der Waals surface area (Å²) in [7, 11) is 1.49. The van der Waals surface area contributed by atoms with Crippen LogP contribution in [0.4, 0.5) is 0 Å². The van der Waals surface area contributed by atoms with Crippen molar-refractivity contribution >= 4 is 23.2 Å². The molecule has 4 aliphatic rings. The third-order valence-electron chi connectivity index (χ3n) is 7.58. The Morgan fingerprint density at radius 2 is 1.73 bits per heavy atom. The molecule has 4 atom stereocenters. The number of hydrogen-bond donors (Lipinski definition) is 1. The number of aliphatic hydroxyl groups excluding tert-OH is 1. The number of nitrogens with zero attached hydrogens (tertiary/aromatic N) is 1. The molecule has 10 heteroatoms. The first-order chi connectivity index (χ1) is 19.9. The molecule has 1 aliphatic carbocycles. The summed E-state index contributed by atoms with van der Waals surface area (Å²) in [6.45, 7) is 3.75. The standard InChI is InChI=1S/C31H29NO8S/c1-31(2)39-27-23-21(29(24(33)28(27)40-31)41-18-12-8-5-9-13-18)19-14-20-25(37-16-36-20)26(35-3)22(19)30(34)32(23)38-15-17-10-6-4-7-11-17/h4-14,23-24,27-28,33H,15-16H2,1-3H3/t23-,24-,27+,28-/m1/s1. The number of fused-ring (bicyclic) bond motifs is 6. The van der Waals surface area contributed by atoms with Gasteiger partial charge in [-0.2, -0.15) is 0 Å². The minimum Gasteiger partial charge on any atom is -0.492 e. The highest BCUT2D eigenvalue weighted by Gasteiger charge is 2.59. The molecule has 1 saturated heterocycles. The summed E-state index contributed by atoms with van der Waals surface area (Å²) < 4.78 is 29.9. The molecule has 1 amide bonds. The van der Waals surface area contributed by atoms with Crippen LogP contribution in [-0.2, 0) is 20.9 Å². The van der Waals surface area contributed by atoms with Crippen molar-refractivity contribution in [3.05, 3.63) is 88.3 Å². The zero-order valence-electron chi connectivity index (χ0n) is 22.7. The van der Waals surface area contributed by atoms with Crippen molar-refractivity contribution in [2.75, 3.05) is 13.9 Å². The molecule has 0 aromatic heterocycles. The van der Waals surface area contributed by atoms with E-state index in [2.05, 4.69) is 0 Å². The lowest BCUT2D eigenvalue weighted by atomic mass is 9.78. The van der Waals surface area contributed by atoms with E-state index in [0.717, 1.165) is 10.5 Å². The van der Waals surface area contributed by atoms with Gasteiger partial charge in [0.05, 0.1) is 12.7 Å². The van der Waals surface area contributed by atoms with Crippen LogP contribution in [-0.4, -0.2) is 60.1 Å². The molecule has 0 saturated carbocycles. The highest BCUT2D eigenvalue weighted by molar-refractivity contribution is 8.03. The largest absolute Gasteiger partial charge is 0.492 e. The van der Waals surface area contributed by atoms with Crippen molar-refractivity contribution < 1.29 is 38.4 Å². The van der Waals surface area contributed by atoms with Crippen molar-refractivity contribution in [2.24, 2.45) is 0 Å². The number of thioether (sulfide) groups is 1. The molecular formula is C31H29NO8S. The Morgan fingerprint density at radius 1 is 1.02 bits per heavy atom. The summed E-state index contributed by atoms with van der Waals surface area (Å²) >= 11 is 1.42. The number of hydrogen-bond acceptors (Lipinski definition) is 9. The van der Waals surface area contributed by atoms with Gasteiger partial charge < -0.3 is 28.8 Å².